The van der Waals surface area contributed by atoms with E-state index in [0.29, 0.717) is 17.1 Å². The maximum absolute atomic E-state index is 12.2. The lowest BCUT2D eigenvalue weighted by molar-refractivity contribution is 0.0697. The van der Waals surface area contributed by atoms with Crippen molar-refractivity contribution in [3.05, 3.63) is 41.3 Å². The van der Waals surface area contributed by atoms with E-state index < -0.39 is 16.0 Å². The predicted molar refractivity (Wildman–Crippen MR) is 76.9 cm³/mol. The molecular weight excluding hydrogens is 294 g/mol. The fourth-order valence-electron chi connectivity index (χ4n) is 1.76. The number of nitrogens with zero attached hydrogens (tertiary/aromatic N) is 2. The van der Waals surface area contributed by atoms with Gasteiger partial charge in [0, 0.05) is 13.2 Å². The molecule has 0 aliphatic rings. The Bertz CT molecular complexity index is 789. The maximum Gasteiger partial charge on any atom is 0.335 e. The molecule has 0 unspecified atom stereocenters. The van der Waals surface area contributed by atoms with Crippen LogP contribution in [-0.2, 0) is 17.1 Å². The van der Waals surface area contributed by atoms with Crippen LogP contribution in [0.3, 0.4) is 0 Å². The molecule has 8 heteroatoms. The van der Waals surface area contributed by atoms with Crippen molar-refractivity contribution in [3.63, 3.8) is 0 Å². The molecule has 0 amide bonds. The SMILES string of the molecule is Cc1cc(C(=O)O)ccc1NS(=O)(=O)c1cn(C)c(C)n1. The smallest absolute Gasteiger partial charge is 0.335 e. The Labute approximate surface area is 122 Å². The van der Waals surface area contributed by atoms with E-state index in [-0.39, 0.29) is 10.6 Å². The monoisotopic (exact) mass is 309 g/mol. The zero-order valence-corrected chi connectivity index (χ0v) is 12.6. The Morgan fingerprint density at radius 3 is 2.48 bits per heavy atom. The molecule has 0 bridgehead atoms. The molecule has 7 nitrogen and oxygen atoms in total. The van der Waals surface area contributed by atoms with E-state index in [1.54, 1.807) is 25.5 Å². The van der Waals surface area contributed by atoms with Crippen LogP contribution >= 0.6 is 0 Å². The molecular formula is C13H15N3O4S. The molecule has 0 aliphatic heterocycles. The second-order valence-corrected chi connectivity index (χ2v) is 6.31. The fraction of sp³-hybridized carbons (Fsp3) is 0.231. The summed E-state index contributed by atoms with van der Waals surface area (Å²) < 4.78 is 28.5. The van der Waals surface area contributed by atoms with Crippen molar-refractivity contribution in [2.24, 2.45) is 7.05 Å². The molecule has 0 radical (unpaired) electrons. The third kappa shape index (κ3) is 3.05. The largest absolute Gasteiger partial charge is 0.478 e. The number of nitrogens with one attached hydrogen (secondary N) is 1. The van der Waals surface area contributed by atoms with E-state index in [1.165, 1.54) is 24.4 Å². The Morgan fingerprint density at radius 2 is 2.00 bits per heavy atom. The lowest BCUT2D eigenvalue weighted by atomic mass is 10.1. The minimum atomic E-state index is -3.80. The van der Waals surface area contributed by atoms with Gasteiger partial charge in [0.1, 0.15) is 5.82 Å². The first-order valence-corrected chi connectivity index (χ1v) is 7.56. The topological polar surface area (TPSA) is 101 Å². The Morgan fingerprint density at radius 1 is 1.33 bits per heavy atom. The van der Waals surface area contributed by atoms with Gasteiger partial charge < -0.3 is 9.67 Å². The summed E-state index contributed by atoms with van der Waals surface area (Å²) in [5.74, 6) is -0.485. The molecule has 1 aromatic heterocycles. The number of aryl methyl sites for hydroxylation is 3. The minimum Gasteiger partial charge on any atom is -0.478 e. The average molecular weight is 309 g/mol. The number of carboxylic acids is 1. The molecule has 2 aromatic rings. The highest BCUT2D eigenvalue weighted by Crippen LogP contribution is 2.20. The van der Waals surface area contributed by atoms with Crippen LogP contribution in [0.25, 0.3) is 0 Å². The lowest BCUT2D eigenvalue weighted by Crippen LogP contribution is -2.14. The second kappa shape index (κ2) is 5.21. The summed E-state index contributed by atoms with van der Waals surface area (Å²) in [6, 6.07) is 4.17. The van der Waals surface area contributed by atoms with Crippen LogP contribution in [0.2, 0.25) is 0 Å². The lowest BCUT2D eigenvalue weighted by Gasteiger charge is -2.09. The molecule has 1 aromatic carbocycles. The first-order chi connectivity index (χ1) is 9.70. The van der Waals surface area contributed by atoms with Crippen molar-refractivity contribution >= 4 is 21.7 Å². The highest BCUT2D eigenvalue weighted by Gasteiger charge is 2.19. The number of anilines is 1. The summed E-state index contributed by atoms with van der Waals surface area (Å²) in [6.45, 7) is 3.33. The average Bonchev–Trinajstić information content (AvgIpc) is 2.72. The molecule has 0 spiro atoms. The summed E-state index contributed by atoms with van der Waals surface area (Å²) in [6.07, 6.45) is 1.42. The number of aromatic nitrogens is 2. The molecule has 0 aliphatic carbocycles. The predicted octanol–water partition coefficient (Wildman–Crippen LogP) is 1.54. The zero-order valence-electron chi connectivity index (χ0n) is 11.8. The molecule has 0 fully saturated rings. The van der Waals surface area contributed by atoms with Gasteiger partial charge in [-0.25, -0.2) is 9.78 Å². The first kappa shape index (κ1) is 15.0. The van der Waals surface area contributed by atoms with Gasteiger partial charge in [-0.05, 0) is 37.6 Å². The number of carbonyl (C=O) groups is 1. The van der Waals surface area contributed by atoms with Crippen LogP contribution in [0.1, 0.15) is 21.7 Å². The molecule has 1 heterocycles. The third-order valence-corrected chi connectivity index (χ3v) is 4.32. The van der Waals surface area contributed by atoms with Crippen molar-refractivity contribution < 1.29 is 18.3 Å². The van der Waals surface area contributed by atoms with Gasteiger partial charge in [-0.15, -0.1) is 0 Å². The van der Waals surface area contributed by atoms with Gasteiger partial charge in [0.05, 0.1) is 11.3 Å². The Hall–Kier alpha value is -2.35. The number of benzene rings is 1. The van der Waals surface area contributed by atoms with Crippen LogP contribution in [0.4, 0.5) is 5.69 Å². The molecule has 2 rings (SSSR count). The number of carboxylic acid groups (broad SMARTS) is 1. The van der Waals surface area contributed by atoms with Gasteiger partial charge in [-0.3, -0.25) is 4.72 Å². The van der Waals surface area contributed by atoms with E-state index >= 15 is 0 Å². The van der Waals surface area contributed by atoms with Gasteiger partial charge in [-0.2, -0.15) is 8.42 Å². The minimum absolute atomic E-state index is 0.0794. The first-order valence-electron chi connectivity index (χ1n) is 6.07. The van der Waals surface area contributed by atoms with E-state index in [2.05, 4.69) is 9.71 Å². The number of hydrogen-bond acceptors (Lipinski definition) is 4. The summed E-state index contributed by atoms with van der Waals surface area (Å²) in [5.41, 5.74) is 0.943. The van der Waals surface area contributed by atoms with Gasteiger partial charge >= 0.3 is 5.97 Å². The van der Waals surface area contributed by atoms with Crippen molar-refractivity contribution in [2.75, 3.05) is 4.72 Å². The van der Waals surface area contributed by atoms with Gasteiger partial charge in [0.25, 0.3) is 10.0 Å². The number of hydrogen-bond donors (Lipinski definition) is 2. The van der Waals surface area contributed by atoms with Crippen LogP contribution in [0, 0.1) is 13.8 Å². The fourth-order valence-corrected chi connectivity index (χ4v) is 2.94. The van der Waals surface area contributed by atoms with E-state index in [0.717, 1.165) is 0 Å². The maximum atomic E-state index is 12.2. The summed E-state index contributed by atoms with van der Waals surface area (Å²) in [5, 5.41) is 8.81. The summed E-state index contributed by atoms with van der Waals surface area (Å²) >= 11 is 0. The zero-order chi connectivity index (χ0) is 15.8. The number of rotatable bonds is 4. The molecule has 112 valence electrons. The van der Waals surface area contributed by atoms with Gasteiger partial charge in [0.2, 0.25) is 0 Å². The van der Waals surface area contributed by atoms with Crippen LogP contribution in [0.15, 0.2) is 29.4 Å². The molecule has 2 N–H and O–H groups in total. The normalized spacial score (nSPS) is 11.4. The van der Waals surface area contributed by atoms with E-state index in [1.807, 2.05) is 0 Å². The number of aromatic carboxylic acids is 1. The number of imidazole rings is 1. The van der Waals surface area contributed by atoms with Crippen molar-refractivity contribution in [2.45, 2.75) is 18.9 Å². The third-order valence-electron chi connectivity index (χ3n) is 3.08. The van der Waals surface area contributed by atoms with Crippen LogP contribution in [0.5, 0.6) is 0 Å². The van der Waals surface area contributed by atoms with Crippen molar-refractivity contribution in [1.29, 1.82) is 0 Å². The highest BCUT2D eigenvalue weighted by atomic mass is 32.2. The van der Waals surface area contributed by atoms with Gasteiger partial charge in [0.15, 0.2) is 5.03 Å². The highest BCUT2D eigenvalue weighted by molar-refractivity contribution is 7.92. The molecule has 21 heavy (non-hydrogen) atoms. The van der Waals surface area contributed by atoms with Gasteiger partial charge in [-0.1, -0.05) is 0 Å². The van der Waals surface area contributed by atoms with Crippen molar-refractivity contribution in [1.82, 2.24) is 9.55 Å². The van der Waals surface area contributed by atoms with Crippen molar-refractivity contribution in [3.8, 4) is 0 Å². The summed E-state index contributed by atoms with van der Waals surface area (Å²) in [7, 11) is -2.10. The molecule has 0 saturated heterocycles. The standard InChI is InChI=1S/C13H15N3O4S/c1-8-6-10(13(17)18)4-5-11(8)15-21(19,20)12-7-16(3)9(2)14-12/h4-7,15H,1-3H3,(H,17,18). The number of sulfonamides is 1. The summed E-state index contributed by atoms with van der Waals surface area (Å²) in [4.78, 5) is 14.8. The Balaban J connectivity index is 2.35. The molecule has 0 saturated carbocycles. The van der Waals surface area contributed by atoms with E-state index in [9.17, 15) is 13.2 Å². The van der Waals surface area contributed by atoms with Crippen LogP contribution in [-0.4, -0.2) is 29.0 Å². The second-order valence-electron chi connectivity index (χ2n) is 4.68. The Kier molecular flexibility index (Phi) is 3.73. The molecule has 0 atom stereocenters. The quantitative estimate of drug-likeness (QED) is 0.892. The van der Waals surface area contributed by atoms with Crippen LogP contribution < -0.4 is 4.72 Å². The van der Waals surface area contributed by atoms with E-state index in [4.69, 9.17) is 5.11 Å².